The number of halogens is 2. The second-order valence-electron chi connectivity index (χ2n) is 4.37. The van der Waals surface area contributed by atoms with Crippen LogP contribution in [0.5, 0.6) is 0 Å². The molecule has 1 fully saturated rings. The highest BCUT2D eigenvalue weighted by Gasteiger charge is 2.16. The second-order valence-corrected chi connectivity index (χ2v) is 6.47. The minimum atomic E-state index is -0.266. The van der Waals surface area contributed by atoms with Gasteiger partial charge in [-0.05, 0) is 56.7 Å². The van der Waals surface area contributed by atoms with E-state index in [4.69, 9.17) is 9.47 Å². The van der Waals surface area contributed by atoms with Gasteiger partial charge in [-0.2, -0.15) is 0 Å². The van der Waals surface area contributed by atoms with Gasteiger partial charge in [-0.1, -0.05) is 0 Å². The van der Waals surface area contributed by atoms with Gasteiger partial charge in [0.25, 0.3) is 0 Å². The predicted octanol–water partition coefficient (Wildman–Crippen LogP) is 1.13. The van der Waals surface area contributed by atoms with E-state index < -0.39 is 0 Å². The van der Waals surface area contributed by atoms with E-state index in [0.717, 1.165) is 40.9 Å². The van der Waals surface area contributed by atoms with Crippen LogP contribution in [0.15, 0.2) is 22.7 Å². The molecule has 0 spiro atoms. The van der Waals surface area contributed by atoms with E-state index in [9.17, 15) is 4.79 Å². The van der Waals surface area contributed by atoms with E-state index >= 15 is 0 Å². The molecule has 0 atom stereocenters. The van der Waals surface area contributed by atoms with E-state index in [1.165, 1.54) is 4.90 Å². The molecule has 1 N–H and O–H groups in total. The Morgan fingerprint density at radius 2 is 2.16 bits per heavy atom. The quantitative estimate of drug-likeness (QED) is 0.563. The fourth-order valence-corrected chi connectivity index (χ4v) is 2.83. The van der Waals surface area contributed by atoms with Gasteiger partial charge >= 0.3 is 5.97 Å². The number of carbonyl (C=O) groups is 1. The Morgan fingerprint density at radius 1 is 1.42 bits per heavy atom. The minimum absolute atomic E-state index is 0.266. The SMILES string of the molecule is O=C(OCC[NH+]1CCOCC1)c1cc(I)ccc1Br. The van der Waals surface area contributed by atoms with Crippen molar-refractivity contribution in [2.75, 3.05) is 39.5 Å². The molecule has 0 aliphatic carbocycles. The fraction of sp³-hybridized carbons (Fsp3) is 0.462. The molecule has 1 aliphatic rings. The third-order valence-corrected chi connectivity index (χ3v) is 4.40. The number of esters is 1. The van der Waals surface area contributed by atoms with Gasteiger partial charge in [0.1, 0.15) is 26.2 Å². The van der Waals surface area contributed by atoms with Crippen LogP contribution in [0.3, 0.4) is 0 Å². The number of morpholine rings is 1. The van der Waals surface area contributed by atoms with Crippen molar-refractivity contribution in [3.63, 3.8) is 0 Å². The molecule has 1 aromatic rings. The highest BCUT2D eigenvalue weighted by molar-refractivity contribution is 14.1. The molecular formula is C13H16BrINO3+. The van der Waals surface area contributed by atoms with Gasteiger partial charge in [-0.15, -0.1) is 0 Å². The zero-order chi connectivity index (χ0) is 13.7. The van der Waals surface area contributed by atoms with Crippen molar-refractivity contribution < 1.29 is 19.2 Å². The summed E-state index contributed by atoms with van der Waals surface area (Å²) >= 11 is 5.56. The third kappa shape index (κ3) is 4.70. The molecule has 1 saturated heterocycles. The molecule has 0 radical (unpaired) electrons. The summed E-state index contributed by atoms with van der Waals surface area (Å²) in [6.07, 6.45) is 0. The van der Waals surface area contributed by atoms with Crippen LogP contribution >= 0.6 is 38.5 Å². The third-order valence-electron chi connectivity index (χ3n) is 3.04. The number of hydrogen-bond acceptors (Lipinski definition) is 3. The Balaban J connectivity index is 1.82. The van der Waals surface area contributed by atoms with Crippen molar-refractivity contribution in [2.24, 2.45) is 0 Å². The van der Waals surface area contributed by atoms with E-state index in [0.29, 0.717) is 12.2 Å². The van der Waals surface area contributed by atoms with Gasteiger partial charge in [0, 0.05) is 8.04 Å². The van der Waals surface area contributed by atoms with Crippen molar-refractivity contribution in [3.05, 3.63) is 31.8 Å². The minimum Gasteiger partial charge on any atom is -0.456 e. The van der Waals surface area contributed by atoms with Gasteiger partial charge in [-0.25, -0.2) is 4.79 Å². The molecule has 1 heterocycles. The van der Waals surface area contributed by atoms with Crippen molar-refractivity contribution in [2.45, 2.75) is 0 Å². The lowest BCUT2D eigenvalue weighted by Gasteiger charge is -2.23. The number of benzene rings is 1. The number of carbonyl (C=O) groups excluding carboxylic acids is 1. The summed E-state index contributed by atoms with van der Waals surface area (Å²) in [5, 5.41) is 0. The zero-order valence-electron chi connectivity index (χ0n) is 10.5. The standard InChI is InChI=1S/C13H15BrINO3/c14-12-2-1-10(15)9-11(12)13(17)19-8-5-16-3-6-18-7-4-16/h1-2,9H,3-8H2/p+1. The molecule has 1 aliphatic heterocycles. The summed E-state index contributed by atoms with van der Waals surface area (Å²) < 4.78 is 12.4. The largest absolute Gasteiger partial charge is 0.456 e. The average molecular weight is 441 g/mol. The maximum absolute atomic E-state index is 12.0. The highest BCUT2D eigenvalue weighted by atomic mass is 127. The van der Waals surface area contributed by atoms with Crippen LogP contribution in [-0.4, -0.2) is 45.4 Å². The zero-order valence-corrected chi connectivity index (χ0v) is 14.2. The first-order valence-corrected chi connectivity index (χ1v) is 8.07. The molecule has 0 amide bonds. The number of ether oxygens (including phenoxy) is 2. The van der Waals surface area contributed by atoms with Crippen molar-refractivity contribution in [1.29, 1.82) is 0 Å². The van der Waals surface area contributed by atoms with Crippen LogP contribution in [-0.2, 0) is 9.47 Å². The Morgan fingerprint density at radius 3 is 2.89 bits per heavy atom. The summed E-state index contributed by atoms with van der Waals surface area (Å²) in [6, 6.07) is 5.64. The van der Waals surface area contributed by atoms with Crippen molar-refractivity contribution >= 4 is 44.5 Å². The van der Waals surface area contributed by atoms with Crippen LogP contribution in [0.1, 0.15) is 10.4 Å². The lowest BCUT2D eigenvalue weighted by molar-refractivity contribution is -0.908. The number of quaternary nitrogens is 1. The molecule has 0 unspecified atom stereocenters. The molecule has 0 saturated carbocycles. The lowest BCUT2D eigenvalue weighted by Crippen LogP contribution is -3.14. The average Bonchev–Trinajstić information content (AvgIpc) is 2.42. The first-order chi connectivity index (χ1) is 9.16. The molecule has 19 heavy (non-hydrogen) atoms. The van der Waals surface area contributed by atoms with Gasteiger partial charge in [-0.3, -0.25) is 0 Å². The van der Waals surface area contributed by atoms with E-state index in [1.807, 2.05) is 18.2 Å². The number of nitrogens with one attached hydrogen (secondary N) is 1. The van der Waals surface area contributed by atoms with Gasteiger partial charge < -0.3 is 14.4 Å². The first-order valence-electron chi connectivity index (χ1n) is 6.20. The van der Waals surface area contributed by atoms with Crippen LogP contribution in [0, 0.1) is 3.57 Å². The monoisotopic (exact) mass is 440 g/mol. The number of hydrogen-bond donors (Lipinski definition) is 1. The number of rotatable bonds is 4. The van der Waals surface area contributed by atoms with Crippen molar-refractivity contribution in [3.8, 4) is 0 Å². The van der Waals surface area contributed by atoms with Crippen LogP contribution < -0.4 is 4.90 Å². The van der Waals surface area contributed by atoms with Crippen LogP contribution in [0.4, 0.5) is 0 Å². The topological polar surface area (TPSA) is 40.0 Å². The Hall–Kier alpha value is -0.180. The lowest BCUT2D eigenvalue weighted by atomic mass is 10.2. The van der Waals surface area contributed by atoms with Gasteiger partial charge in [0.2, 0.25) is 0 Å². The Bertz CT molecular complexity index is 450. The van der Waals surface area contributed by atoms with Gasteiger partial charge in [0.15, 0.2) is 0 Å². The predicted molar refractivity (Wildman–Crippen MR) is 83.5 cm³/mol. The molecule has 2 rings (SSSR count). The molecular weight excluding hydrogens is 425 g/mol. The normalized spacial score (nSPS) is 16.3. The summed E-state index contributed by atoms with van der Waals surface area (Å²) in [7, 11) is 0. The maximum Gasteiger partial charge on any atom is 0.339 e. The van der Waals surface area contributed by atoms with Gasteiger partial charge in [0.05, 0.1) is 18.8 Å². The van der Waals surface area contributed by atoms with Crippen LogP contribution in [0.2, 0.25) is 0 Å². The molecule has 6 heteroatoms. The fourth-order valence-electron chi connectivity index (χ4n) is 1.93. The highest BCUT2D eigenvalue weighted by Crippen LogP contribution is 2.20. The maximum atomic E-state index is 12.0. The molecule has 0 aromatic heterocycles. The second kappa shape index (κ2) is 7.56. The summed E-state index contributed by atoms with van der Waals surface area (Å²) in [6.45, 7) is 4.87. The Labute approximate surface area is 134 Å². The van der Waals surface area contributed by atoms with Crippen molar-refractivity contribution in [1.82, 2.24) is 0 Å². The smallest absolute Gasteiger partial charge is 0.339 e. The summed E-state index contributed by atoms with van der Waals surface area (Å²) in [4.78, 5) is 13.4. The molecule has 104 valence electrons. The summed E-state index contributed by atoms with van der Waals surface area (Å²) in [5.41, 5.74) is 0.587. The van der Waals surface area contributed by atoms with E-state index in [1.54, 1.807) is 0 Å². The Kier molecular flexibility index (Phi) is 6.06. The summed E-state index contributed by atoms with van der Waals surface area (Å²) in [5.74, 6) is -0.266. The van der Waals surface area contributed by atoms with E-state index in [2.05, 4.69) is 38.5 Å². The van der Waals surface area contributed by atoms with E-state index in [-0.39, 0.29) is 5.97 Å². The first kappa shape index (κ1) is 15.2. The molecule has 4 nitrogen and oxygen atoms in total. The molecule has 1 aromatic carbocycles. The molecule has 0 bridgehead atoms. The van der Waals surface area contributed by atoms with Crippen LogP contribution in [0.25, 0.3) is 0 Å².